The number of rotatable bonds is 8. The number of carbonyl (C=O) groups is 1. The smallest absolute Gasteiger partial charge is 0.250 e. The summed E-state index contributed by atoms with van der Waals surface area (Å²) in [6.45, 7) is 1.83. The van der Waals surface area contributed by atoms with Gasteiger partial charge in [0.2, 0.25) is 0 Å². The number of hydrazone groups is 1. The second-order valence-electron chi connectivity index (χ2n) is 7.10. The molecule has 1 N–H and O–H groups in total. The Balaban J connectivity index is 1.49. The van der Waals surface area contributed by atoms with Crippen molar-refractivity contribution in [3.05, 3.63) is 83.6 Å². The predicted octanol–water partition coefficient (Wildman–Crippen LogP) is 4.62. The van der Waals surface area contributed by atoms with E-state index >= 15 is 0 Å². The van der Waals surface area contributed by atoms with Crippen LogP contribution in [0.3, 0.4) is 0 Å². The lowest BCUT2D eigenvalue weighted by Crippen LogP contribution is -2.21. The summed E-state index contributed by atoms with van der Waals surface area (Å²) in [5, 5.41) is 14.1. The molecule has 0 bridgehead atoms. The van der Waals surface area contributed by atoms with Crippen LogP contribution in [0.1, 0.15) is 12.5 Å². The topological polar surface area (TPSA) is 94.3 Å². The molecule has 2 aromatic carbocycles. The zero-order chi connectivity index (χ0) is 23.9. The van der Waals surface area contributed by atoms with Gasteiger partial charge in [0, 0.05) is 28.7 Å². The summed E-state index contributed by atoms with van der Waals surface area (Å²) >= 11 is 7.33. The summed E-state index contributed by atoms with van der Waals surface area (Å²) in [7, 11) is 1.61. The molecule has 0 saturated heterocycles. The van der Waals surface area contributed by atoms with Crippen molar-refractivity contribution < 1.29 is 9.53 Å². The van der Waals surface area contributed by atoms with Crippen LogP contribution in [-0.4, -0.2) is 44.2 Å². The molecule has 0 aliphatic heterocycles. The normalized spacial score (nSPS) is 11.3. The number of hydrogen-bond donors (Lipinski definition) is 1. The number of carbonyl (C=O) groups excluding carboxylic acids is 1. The lowest BCUT2D eigenvalue weighted by Gasteiger charge is -2.10. The molecule has 34 heavy (non-hydrogen) atoms. The van der Waals surface area contributed by atoms with Crippen LogP contribution >= 0.6 is 23.4 Å². The van der Waals surface area contributed by atoms with Crippen molar-refractivity contribution in [3.63, 3.8) is 0 Å². The number of halogens is 1. The molecular formula is C24H21ClN6O2S. The first-order valence-electron chi connectivity index (χ1n) is 10.3. The molecule has 0 spiro atoms. The molecule has 4 aromatic rings. The Morgan fingerprint density at radius 3 is 2.44 bits per heavy atom. The number of methoxy groups -OCH3 is 1. The van der Waals surface area contributed by atoms with Gasteiger partial charge in [-0.2, -0.15) is 5.10 Å². The summed E-state index contributed by atoms with van der Waals surface area (Å²) in [5.74, 6) is 1.25. The van der Waals surface area contributed by atoms with Gasteiger partial charge in [-0.05, 0) is 73.2 Å². The van der Waals surface area contributed by atoms with E-state index in [0.717, 1.165) is 22.6 Å². The van der Waals surface area contributed by atoms with Gasteiger partial charge < -0.3 is 4.74 Å². The van der Waals surface area contributed by atoms with Gasteiger partial charge in [0.15, 0.2) is 11.0 Å². The summed E-state index contributed by atoms with van der Waals surface area (Å²) in [5.41, 5.74) is 5.86. The summed E-state index contributed by atoms with van der Waals surface area (Å²) in [6, 6.07) is 18.5. The molecule has 10 heteroatoms. The van der Waals surface area contributed by atoms with E-state index in [-0.39, 0.29) is 11.7 Å². The second kappa shape index (κ2) is 11.0. The van der Waals surface area contributed by atoms with Crippen LogP contribution in [0.15, 0.2) is 83.3 Å². The van der Waals surface area contributed by atoms with Crippen molar-refractivity contribution in [2.24, 2.45) is 5.10 Å². The minimum atomic E-state index is -0.256. The highest BCUT2D eigenvalue weighted by molar-refractivity contribution is 7.99. The Kier molecular flexibility index (Phi) is 7.56. The maximum Gasteiger partial charge on any atom is 0.250 e. The van der Waals surface area contributed by atoms with Gasteiger partial charge in [0.25, 0.3) is 5.91 Å². The largest absolute Gasteiger partial charge is 0.497 e. The van der Waals surface area contributed by atoms with Gasteiger partial charge in [-0.3, -0.25) is 14.3 Å². The van der Waals surface area contributed by atoms with E-state index in [0.29, 0.717) is 21.7 Å². The average Bonchev–Trinajstić information content (AvgIpc) is 3.31. The van der Waals surface area contributed by atoms with E-state index in [9.17, 15) is 4.79 Å². The fraction of sp³-hybridized carbons (Fsp3) is 0.125. The molecule has 0 fully saturated rings. The molecule has 2 aromatic heterocycles. The number of aromatic nitrogens is 4. The van der Waals surface area contributed by atoms with Crippen molar-refractivity contribution >= 4 is 35.0 Å². The molecule has 4 rings (SSSR count). The minimum absolute atomic E-state index is 0.113. The van der Waals surface area contributed by atoms with Gasteiger partial charge in [-0.25, -0.2) is 5.43 Å². The Hall–Kier alpha value is -3.69. The van der Waals surface area contributed by atoms with E-state index in [1.165, 1.54) is 11.8 Å². The maximum absolute atomic E-state index is 12.5. The molecular weight excluding hydrogens is 472 g/mol. The van der Waals surface area contributed by atoms with Crippen molar-refractivity contribution in [1.82, 2.24) is 25.2 Å². The molecule has 1 amide bonds. The third-order valence-corrected chi connectivity index (χ3v) is 6.03. The van der Waals surface area contributed by atoms with E-state index in [1.807, 2.05) is 60.0 Å². The van der Waals surface area contributed by atoms with Gasteiger partial charge in [-0.15, -0.1) is 10.2 Å². The van der Waals surface area contributed by atoms with E-state index in [1.54, 1.807) is 31.6 Å². The molecule has 172 valence electrons. The van der Waals surface area contributed by atoms with Crippen LogP contribution in [0.5, 0.6) is 5.75 Å². The fourth-order valence-corrected chi connectivity index (χ4v) is 3.95. The fourth-order valence-electron chi connectivity index (χ4n) is 3.08. The van der Waals surface area contributed by atoms with E-state index < -0.39 is 0 Å². The zero-order valence-corrected chi connectivity index (χ0v) is 20.0. The standard InChI is InChI=1S/C24H21ClN6O2S/c1-16(17-3-9-21(33-2)10-4-17)27-28-22(32)15-34-24-30-29-23(18-11-13-26-14-12-18)31(24)20-7-5-19(25)6-8-20/h3-14H,15H2,1-2H3,(H,28,32)/b27-16+. The van der Waals surface area contributed by atoms with Crippen molar-refractivity contribution in [3.8, 4) is 22.8 Å². The average molecular weight is 493 g/mol. The van der Waals surface area contributed by atoms with Crippen LogP contribution in [0, 0.1) is 0 Å². The molecule has 0 aliphatic carbocycles. The first-order valence-corrected chi connectivity index (χ1v) is 11.6. The van der Waals surface area contributed by atoms with Gasteiger partial charge in [0.05, 0.1) is 18.6 Å². The Labute approximate surface area is 206 Å². The quantitative estimate of drug-likeness (QED) is 0.219. The van der Waals surface area contributed by atoms with Crippen LogP contribution in [0.25, 0.3) is 17.1 Å². The molecule has 0 unspecified atom stereocenters. The zero-order valence-electron chi connectivity index (χ0n) is 18.5. The molecule has 0 aliphatic rings. The molecule has 8 nitrogen and oxygen atoms in total. The first-order chi connectivity index (χ1) is 16.5. The van der Waals surface area contributed by atoms with Crippen LogP contribution in [0.2, 0.25) is 5.02 Å². The third kappa shape index (κ3) is 5.62. The Morgan fingerprint density at radius 2 is 1.76 bits per heavy atom. The van der Waals surface area contributed by atoms with E-state index in [2.05, 4.69) is 25.7 Å². The van der Waals surface area contributed by atoms with Crippen molar-refractivity contribution in [2.75, 3.05) is 12.9 Å². The number of nitrogens with zero attached hydrogens (tertiary/aromatic N) is 5. The van der Waals surface area contributed by atoms with Gasteiger partial charge in [0.1, 0.15) is 5.75 Å². The van der Waals surface area contributed by atoms with Crippen LogP contribution in [0.4, 0.5) is 0 Å². The number of nitrogens with one attached hydrogen (secondary N) is 1. The summed E-state index contributed by atoms with van der Waals surface area (Å²) < 4.78 is 7.05. The number of pyridine rings is 1. The third-order valence-electron chi connectivity index (χ3n) is 4.85. The number of thioether (sulfide) groups is 1. The maximum atomic E-state index is 12.5. The predicted molar refractivity (Wildman–Crippen MR) is 134 cm³/mol. The summed E-state index contributed by atoms with van der Waals surface area (Å²) in [4.78, 5) is 16.5. The molecule has 0 saturated carbocycles. The lowest BCUT2D eigenvalue weighted by molar-refractivity contribution is -0.118. The number of hydrogen-bond acceptors (Lipinski definition) is 7. The Bertz CT molecular complexity index is 1290. The first kappa shape index (κ1) is 23.5. The number of benzene rings is 2. The lowest BCUT2D eigenvalue weighted by atomic mass is 10.1. The highest BCUT2D eigenvalue weighted by Gasteiger charge is 2.17. The second-order valence-corrected chi connectivity index (χ2v) is 8.48. The van der Waals surface area contributed by atoms with Gasteiger partial charge >= 0.3 is 0 Å². The highest BCUT2D eigenvalue weighted by Crippen LogP contribution is 2.28. The van der Waals surface area contributed by atoms with Gasteiger partial charge in [-0.1, -0.05) is 23.4 Å². The van der Waals surface area contributed by atoms with Crippen LogP contribution < -0.4 is 10.2 Å². The molecule has 2 heterocycles. The summed E-state index contributed by atoms with van der Waals surface area (Å²) in [6.07, 6.45) is 3.39. The number of amides is 1. The monoisotopic (exact) mass is 492 g/mol. The highest BCUT2D eigenvalue weighted by atomic mass is 35.5. The number of ether oxygens (including phenoxy) is 1. The van der Waals surface area contributed by atoms with Crippen molar-refractivity contribution in [1.29, 1.82) is 0 Å². The molecule has 0 atom stereocenters. The van der Waals surface area contributed by atoms with Crippen LogP contribution in [-0.2, 0) is 4.79 Å². The van der Waals surface area contributed by atoms with E-state index in [4.69, 9.17) is 16.3 Å². The minimum Gasteiger partial charge on any atom is -0.497 e. The van der Waals surface area contributed by atoms with Crippen molar-refractivity contribution in [2.45, 2.75) is 12.1 Å². The Morgan fingerprint density at radius 1 is 1.06 bits per heavy atom. The molecule has 0 radical (unpaired) electrons. The SMILES string of the molecule is COc1ccc(/C(C)=N/NC(=O)CSc2nnc(-c3ccncc3)n2-c2ccc(Cl)cc2)cc1.